The summed E-state index contributed by atoms with van der Waals surface area (Å²) in [5.74, 6) is 1.40. The summed E-state index contributed by atoms with van der Waals surface area (Å²) in [6.45, 7) is 5.28. The first-order valence-corrected chi connectivity index (χ1v) is 10.8. The van der Waals surface area contributed by atoms with Gasteiger partial charge >= 0.3 is 5.69 Å². The van der Waals surface area contributed by atoms with Crippen molar-refractivity contribution in [1.82, 2.24) is 23.6 Å². The van der Waals surface area contributed by atoms with E-state index in [1.165, 1.54) is 18.0 Å². The lowest BCUT2D eigenvalue weighted by atomic mass is 10.0. The van der Waals surface area contributed by atoms with Gasteiger partial charge in [0.25, 0.3) is 5.56 Å². The zero-order valence-corrected chi connectivity index (χ0v) is 18.9. The average Bonchev–Trinajstić information content (AvgIpc) is 3.05. The third-order valence-corrected chi connectivity index (χ3v) is 6.60. The third-order valence-electron chi connectivity index (χ3n) is 5.86. The zero-order chi connectivity index (χ0) is 21.6. The molecular formula is C21H25Cl2N5O2. The number of benzene rings is 1. The lowest BCUT2D eigenvalue weighted by Crippen LogP contribution is -2.37. The van der Waals surface area contributed by atoms with Crippen LogP contribution in [0.4, 0.5) is 0 Å². The molecule has 1 unspecified atom stereocenters. The van der Waals surface area contributed by atoms with Crippen LogP contribution in [0.25, 0.3) is 11.2 Å². The highest BCUT2D eigenvalue weighted by Crippen LogP contribution is 2.25. The van der Waals surface area contributed by atoms with E-state index in [-0.39, 0.29) is 11.2 Å². The van der Waals surface area contributed by atoms with E-state index in [1.54, 1.807) is 19.2 Å². The Hall–Kier alpha value is -2.09. The fourth-order valence-electron chi connectivity index (χ4n) is 4.23. The van der Waals surface area contributed by atoms with Crippen LogP contribution in [-0.4, -0.2) is 36.7 Å². The number of fused-ring (bicyclic) bond motifs is 1. The maximum Gasteiger partial charge on any atom is 0.332 e. The highest BCUT2D eigenvalue weighted by Gasteiger charge is 2.23. The van der Waals surface area contributed by atoms with Crippen molar-refractivity contribution in [2.45, 2.75) is 32.9 Å². The summed E-state index contributed by atoms with van der Waals surface area (Å²) >= 11 is 12.3. The van der Waals surface area contributed by atoms with E-state index in [9.17, 15) is 9.59 Å². The molecule has 1 aliphatic rings. The Kier molecular flexibility index (Phi) is 5.79. The van der Waals surface area contributed by atoms with Crippen molar-refractivity contribution in [3.63, 3.8) is 0 Å². The SMILES string of the molecule is CC1CCCN(Cc2nc3c(c(=O)n(C)c(=O)n3C)n2Cc2ccc(Cl)c(Cl)c2)C1. The Balaban J connectivity index is 1.86. The number of hydrogen-bond donors (Lipinski definition) is 0. The fraction of sp³-hybridized carbons (Fsp3) is 0.476. The molecule has 160 valence electrons. The van der Waals surface area contributed by atoms with Crippen LogP contribution in [0.3, 0.4) is 0 Å². The number of nitrogens with zero attached hydrogens (tertiary/aromatic N) is 5. The van der Waals surface area contributed by atoms with Crippen LogP contribution in [0, 0.1) is 5.92 Å². The number of imidazole rings is 1. The number of rotatable bonds is 4. The second-order valence-electron chi connectivity index (χ2n) is 8.22. The molecule has 0 saturated carbocycles. The summed E-state index contributed by atoms with van der Waals surface area (Å²) < 4.78 is 4.47. The first-order chi connectivity index (χ1) is 14.3. The van der Waals surface area contributed by atoms with Gasteiger partial charge < -0.3 is 4.57 Å². The van der Waals surface area contributed by atoms with Crippen molar-refractivity contribution in [2.24, 2.45) is 20.0 Å². The van der Waals surface area contributed by atoms with Gasteiger partial charge in [-0.05, 0) is 43.0 Å². The van der Waals surface area contributed by atoms with Gasteiger partial charge in [0.1, 0.15) is 5.82 Å². The van der Waals surface area contributed by atoms with Gasteiger partial charge in [0, 0.05) is 27.2 Å². The average molecular weight is 450 g/mol. The second kappa shape index (κ2) is 8.21. The molecule has 1 atom stereocenters. The monoisotopic (exact) mass is 449 g/mol. The smallest absolute Gasteiger partial charge is 0.317 e. The van der Waals surface area contributed by atoms with Crippen LogP contribution >= 0.6 is 23.2 Å². The van der Waals surface area contributed by atoms with Crippen LogP contribution in [-0.2, 0) is 27.2 Å². The Morgan fingerprint density at radius 3 is 2.57 bits per heavy atom. The van der Waals surface area contributed by atoms with E-state index >= 15 is 0 Å². The maximum absolute atomic E-state index is 13.0. The third kappa shape index (κ3) is 3.82. The minimum Gasteiger partial charge on any atom is -0.317 e. The highest BCUT2D eigenvalue weighted by atomic mass is 35.5. The number of likely N-dealkylation sites (tertiary alicyclic amines) is 1. The first kappa shape index (κ1) is 21.2. The van der Waals surface area contributed by atoms with Gasteiger partial charge in [-0.2, -0.15) is 0 Å². The zero-order valence-electron chi connectivity index (χ0n) is 17.4. The van der Waals surface area contributed by atoms with Crippen LogP contribution < -0.4 is 11.2 Å². The molecular weight excluding hydrogens is 425 g/mol. The molecule has 3 heterocycles. The van der Waals surface area contributed by atoms with Gasteiger partial charge in [-0.1, -0.05) is 36.2 Å². The minimum absolute atomic E-state index is 0.348. The van der Waals surface area contributed by atoms with Gasteiger partial charge in [0.05, 0.1) is 16.6 Å². The molecule has 0 amide bonds. The minimum atomic E-state index is -0.384. The molecule has 1 saturated heterocycles. The van der Waals surface area contributed by atoms with Gasteiger partial charge in [0.2, 0.25) is 0 Å². The van der Waals surface area contributed by atoms with Crippen molar-refractivity contribution in [3.8, 4) is 0 Å². The van der Waals surface area contributed by atoms with Gasteiger partial charge in [0.15, 0.2) is 11.2 Å². The maximum atomic E-state index is 13.0. The summed E-state index contributed by atoms with van der Waals surface area (Å²) in [5, 5.41) is 0.946. The summed E-state index contributed by atoms with van der Waals surface area (Å²) in [5.41, 5.74) is 1.01. The van der Waals surface area contributed by atoms with Crippen LogP contribution in [0.1, 0.15) is 31.2 Å². The van der Waals surface area contributed by atoms with Gasteiger partial charge in [-0.15, -0.1) is 0 Å². The van der Waals surface area contributed by atoms with E-state index in [0.717, 1.165) is 35.5 Å². The number of aryl methyl sites for hydroxylation is 1. The normalized spacial score (nSPS) is 17.7. The molecule has 4 rings (SSSR count). The standard InChI is InChI=1S/C21H25Cl2N5O2/c1-13-5-4-8-27(10-13)12-17-24-19-18(20(29)26(3)21(30)25(19)2)28(17)11-14-6-7-15(22)16(23)9-14/h6-7,9,13H,4-5,8,10-12H2,1-3H3. The van der Waals surface area contributed by atoms with Crippen LogP contribution in [0.15, 0.2) is 27.8 Å². The predicted molar refractivity (Wildman–Crippen MR) is 119 cm³/mol. The van der Waals surface area contributed by atoms with E-state index in [2.05, 4.69) is 11.8 Å². The Bertz CT molecular complexity index is 1230. The van der Waals surface area contributed by atoms with E-state index in [1.807, 2.05) is 10.6 Å². The Morgan fingerprint density at radius 1 is 1.10 bits per heavy atom. The highest BCUT2D eigenvalue weighted by molar-refractivity contribution is 6.42. The lowest BCUT2D eigenvalue weighted by molar-refractivity contribution is 0.171. The molecule has 1 aliphatic heterocycles. The fourth-order valence-corrected chi connectivity index (χ4v) is 4.55. The molecule has 0 bridgehead atoms. The number of piperidine rings is 1. The van der Waals surface area contributed by atoms with Crippen molar-refractivity contribution in [1.29, 1.82) is 0 Å². The summed E-state index contributed by atoms with van der Waals surface area (Å²) in [7, 11) is 3.14. The van der Waals surface area contributed by atoms with Crippen molar-refractivity contribution in [2.75, 3.05) is 13.1 Å². The van der Waals surface area contributed by atoms with E-state index in [4.69, 9.17) is 28.2 Å². The molecule has 1 fully saturated rings. The lowest BCUT2D eigenvalue weighted by Gasteiger charge is -2.30. The van der Waals surface area contributed by atoms with Crippen molar-refractivity contribution >= 4 is 34.4 Å². The topological polar surface area (TPSA) is 65.1 Å². The molecule has 3 aromatic rings. The summed E-state index contributed by atoms with van der Waals surface area (Å²) in [6.07, 6.45) is 2.37. The molecule has 2 aromatic heterocycles. The van der Waals surface area contributed by atoms with Gasteiger partial charge in [-0.3, -0.25) is 18.8 Å². The Morgan fingerprint density at radius 2 is 1.87 bits per heavy atom. The largest absolute Gasteiger partial charge is 0.332 e. The molecule has 0 aliphatic carbocycles. The number of halogens is 2. The number of hydrogen-bond acceptors (Lipinski definition) is 4. The second-order valence-corrected chi connectivity index (χ2v) is 9.04. The molecule has 0 radical (unpaired) electrons. The Labute approximate surface area is 184 Å². The van der Waals surface area contributed by atoms with Crippen molar-refractivity contribution in [3.05, 3.63) is 60.5 Å². The van der Waals surface area contributed by atoms with E-state index < -0.39 is 0 Å². The molecule has 9 heteroatoms. The molecule has 30 heavy (non-hydrogen) atoms. The molecule has 7 nitrogen and oxygen atoms in total. The molecule has 0 spiro atoms. The van der Waals surface area contributed by atoms with Gasteiger partial charge in [-0.25, -0.2) is 9.78 Å². The van der Waals surface area contributed by atoms with Crippen molar-refractivity contribution < 1.29 is 0 Å². The quantitative estimate of drug-likeness (QED) is 0.613. The first-order valence-electron chi connectivity index (χ1n) is 10.1. The van der Waals surface area contributed by atoms with Crippen LogP contribution in [0.5, 0.6) is 0 Å². The van der Waals surface area contributed by atoms with E-state index in [0.29, 0.717) is 40.2 Å². The molecule has 0 N–H and O–H groups in total. The number of aromatic nitrogens is 4. The van der Waals surface area contributed by atoms with Crippen LogP contribution in [0.2, 0.25) is 10.0 Å². The summed E-state index contributed by atoms with van der Waals surface area (Å²) in [6, 6.07) is 5.44. The summed E-state index contributed by atoms with van der Waals surface area (Å²) in [4.78, 5) is 32.6. The predicted octanol–water partition coefficient (Wildman–Crippen LogP) is 3.02. The molecule has 1 aromatic carbocycles.